The zero-order valence-corrected chi connectivity index (χ0v) is 18.5. The third kappa shape index (κ3) is 5.68. The van der Waals surface area contributed by atoms with Crippen molar-refractivity contribution in [3.8, 4) is 0 Å². The summed E-state index contributed by atoms with van der Waals surface area (Å²) in [6, 6.07) is 0. The van der Waals surface area contributed by atoms with E-state index in [4.69, 9.17) is 4.74 Å². The Morgan fingerprint density at radius 3 is 2.32 bits per heavy atom. The first-order valence-corrected chi connectivity index (χ1v) is 12.6. The maximum Gasteiger partial charge on any atom is 0.222 e. The minimum absolute atomic E-state index is 0.236. The molecule has 3 rings (SSSR count). The Labute approximate surface area is 170 Å². The Morgan fingerprint density at radius 1 is 1.11 bits per heavy atom. The van der Waals surface area contributed by atoms with Gasteiger partial charge in [-0.1, -0.05) is 13.8 Å². The van der Waals surface area contributed by atoms with Crippen LogP contribution in [0.2, 0.25) is 0 Å². The smallest absolute Gasteiger partial charge is 0.222 e. The molecule has 1 atom stereocenters. The molecule has 0 saturated carbocycles. The Balaban J connectivity index is 1.47. The van der Waals surface area contributed by atoms with Crippen molar-refractivity contribution < 1.29 is 17.9 Å². The second-order valence-corrected chi connectivity index (χ2v) is 11.3. The second kappa shape index (κ2) is 8.98. The summed E-state index contributed by atoms with van der Waals surface area (Å²) in [4.78, 5) is 17.3. The molecule has 3 heterocycles. The zero-order valence-electron chi connectivity index (χ0n) is 17.7. The molecule has 28 heavy (non-hydrogen) atoms. The fourth-order valence-corrected chi connectivity index (χ4v) is 5.80. The highest BCUT2D eigenvalue weighted by atomic mass is 32.2. The normalized spacial score (nSPS) is 27.4. The van der Waals surface area contributed by atoms with Crippen molar-refractivity contribution in [3.05, 3.63) is 0 Å². The number of nitrogens with zero attached hydrogens (tertiary/aromatic N) is 3. The lowest BCUT2D eigenvalue weighted by molar-refractivity contribution is -0.141. The van der Waals surface area contributed by atoms with E-state index in [0.29, 0.717) is 38.0 Å². The van der Waals surface area contributed by atoms with Crippen molar-refractivity contribution in [2.75, 3.05) is 58.7 Å². The summed E-state index contributed by atoms with van der Waals surface area (Å²) in [6.45, 7) is 10.9. The van der Waals surface area contributed by atoms with Crippen LogP contribution in [0.3, 0.4) is 0 Å². The molecular formula is C20H37N3O4S. The van der Waals surface area contributed by atoms with Crippen LogP contribution < -0.4 is 0 Å². The first kappa shape index (κ1) is 22.0. The second-order valence-electron chi connectivity index (χ2n) is 9.33. The van der Waals surface area contributed by atoms with Gasteiger partial charge in [0, 0.05) is 58.8 Å². The van der Waals surface area contributed by atoms with Gasteiger partial charge in [0.05, 0.1) is 11.9 Å². The lowest BCUT2D eigenvalue weighted by Crippen LogP contribution is -2.52. The zero-order chi connectivity index (χ0) is 20.4. The number of piperazine rings is 1. The molecular weight excluding hydrogens is 378 g/mol. The first-order valence-electron chi connectivity index (χ1n) is 10.8. The van der Waals surface area contributed by atoms with Gasteiger partial charge >= 0.3 is 0 Å². The van der Waals surface area contributed by atoms with Crippen molar-refractivity contribution in [1.82, 2.24) is 14.1 Å². The number of carbonyl (C=O) groups is 1. The molecule has 0 radical (unpaired) electrons. The number of hydrogen-bond acceptors (Lipinski definition) is 5. The van der Waals surface area contributed by atoms with Crippen LogP contribution in [0.1, 0.15) is 46.0 Å². The Morgan fingerprint density at radius 2 is 1.75 bits per heavy atom. The number of amides is 1. The van der Waals surface area contributed by atoms with E-state index in [9.17, 15) is 13.2 Å². The first-order chi connectivity index (χ1) is 13.2. The van der Waals surface area contributed by atoms with E-state index in [1.807, 2.05) is 4.90 Å². The molecule has 0 N–H and O–H groups in total. The summed E-state index contributed by atoms with van der Waals surface area (Å²) in [5.74, 6) is 1.29. The fourth-order valence-electron chi connectivity index (χ4n) is 4.95. The highest BCUT2D eigenvalue weighted by molar-refractivity contribution is 7.88. The van der Waals surface area contributed by atoms with Gasteiger partial charge in [0.1, 0.15) is 0 Å². The third-order valence-corrected chi connectivity index (χ3v) is 7.81. The predicted octanol–water partition coefficient (Wildman–Crippen LogP) is 1.40. The molecule has 162 valence electrons. The molecule has 7 nitrogen and oxygen atoms in total. The average Bonchev–Trinajstić information content (AvgIpc) is 2.61. The minimum atomic E-state index is -3.13. The van der Waals surface area contributed by atoms with Crippen LogP contribution in [-0.2, 0) is 19.6 Å². The molecule has 1 amide bonds. The van der Waals surface area contributed by atoms with E-state index >= 15 is 0 Å². The molecule has 3 aliphatic rings. The number of piperidine rings is 1. The summed E-state index contributed by atoms with van der Waals surface area (Å²) in [5.41, 5.74) is -0.236. The number of sulfonamides is 1. The van der Waals surface area contributed by atoms with E-state index in [0.717, 1.165) is 58.4 Å². The summed E-state index contributed by atoms with van der Waals surface area (Å²) in [6.07, 6.45) is 5.15. The molecule has 1 spiro atoms. The van der Waals surface area contributed by atoms with Gasteiger partial charge < -0.3 is 9.64 Å². The van der Waals surface area contributed by atoms with E-state index in [-0.39, 0.29) is 11.5 Å². The van der Waals surface area contributed by atoms with E-state index in [1.54, 1.807) is 4.31 Å². The highest BCUT2D eigenvalue weighted by Crippen LogP contribution is 2.39. The van der Waals surface area contributed by atoms with Gasteiger partial charge in [-0.05, 0) is 37.5 Å². The van der Waals surface area contributed by atoms with Crippen LogP contribution in [0.15, 0.2) is 0 Å². The van der Waals surface area contributed by atoms with E-state index in [1.165, 1.54) is 6.26 Å². The molecule has 3 saturated heterocycles. The van der Waals surface area contributed by atoms with Gasteiger partial charge in [-0.25, -0.2) is 12.7 Å². The van der Waals surface area contributed by atoms with Gasteiger partial charge in [-0.3, -0.25) is 9.69 Å². The molecule has 1 unspecified atom stereocenters. The Bertz CT molecular complexity index is 636. The number of ether oxygens (including phenoxy) is 1. The van der Waals surface area contributed by atoms with Crippen molar-refractivity contribution in [3.63, 3.8) is 0 Å². The van der Waals surface area contributed by atoms with Gasteiger partial charge in [0.2, 0.25) is 15.9 Å². The molecule has 0 aromatic carbocycles. The molecule has 0 bridgehead atoms. The molecule has 3 fully saturated rings. The standard InChI is InChI=1S/C20H37N3O4S/c1-17(2)16-21-9-11-22(12-10-21)19(24)14-18-4-13-27-20(15-18)5-7-23(8-6-20)28(3,25)26/h17-18H,4-16H2,1-3H3. The van der Waals surface area contributed by atoms with E-state index in [2.05, 4.69) is 18.7 Å². The SMILES string of the molecule is CC(C)CN1CCN(C(=O)CC2CCOC3(CCN(S(C)(=O)=O)CC3)C2)CC1. The van der Waals surface area contributed by atoms with Gasteiger partial charge in [0.15, 0.2) is 0 Å². The Kier molecular flexibility index (Phi) is 7.05. The van der Waals surface area contributed by atoms with Gasteiger partial charge in [-0.15, -0.1) is 0 Å². The minimum Gasteiger partial charge on any atom is -0.375 e. The number of rotatable bonds is 5. The average molecular weight is 416 g/mol. The predicted molar refractivity (Wildman–Crippen MR) is 110 cm³/mol. The monoisotopic (exact) mass is 415 g/mol. The molecule has 0 aromatic heterocycles. The maximum atomic E-state index is 12.8. The van der Waals surface area contributed by atoms with Crippen LogP contribution in [0, 0.1) is 11.8 Å². The summed E-state index contributed by atoms with van der Waals surface area (Å²) in [5, 5.41) is 0. The van der Waals surface area contributed by atoms with Crippen LogP contribution in [0.4, 0.5) is 0 Å². The van der Waals surface area contributed by atoms with E-state index < -0.39 is 10.0 Å². The van der Waals surface area contributed by atoms with Crippen molar-refractivity contribution in [1.29, 1.82) is 0 Å². The van der Waals surface area contributed by atoms with Crippen LogP contribution >= 0.6 is 0 Å². The number of carbonyl (C=O) groups excluding carboxylic acids is 1. The van der Waals surface area contributed by atoms with Crippen molar-refractivity contribution in [2.24, 2.45) is 11.8 Å². The third-order valence-electron chi connectivity index (χ3n) is 6.51. The van der Waals surface area contributed by atoms with Gasteiger partial charge in [0.25, 0.3) is 0 Å². The van der Waals surface area contributed by atoms with Crippen LogP contribution in [-0.4, -0.2) is 92.7 Å². The summed E-state index contributed by atoms with van der Waals surface area (Å²) >= 11 is 0. The number of hydrogen-bond donors (Lipinski definition) is 0. The van der Waals surface area contributed by atoms with Gasteiger partial charge in [-0.2, -0.15) is 0 Å². The Hall–Kier alpha value is -0.700. The molecule has 8 heteroatoms. The quantitative estimate of drug-likeness (QED) is 0.679. The summed E-state index contributed by atoms with van der Waals surface area (Å²) in [7, 11) is -3.13. The van der Waals surface area contributed by atoms with Crippen molar-refractivity contribution >= 4 is 15.9 Å². The fraction of sp³-hybridized carbons (Fsp3) is 0.950. The maximum absolute atomic E-state index is 12.8. The molecule has 0 aliphatic carbocycles. The largest absolute Gasteiger partial charge is 0.375 e. The van der Waals surface area contributed by atoms with Crippen LogP contribution in [0.25, 0.3) is 0 Å². The summed E-state index contributed by atoms with van der Waals surface area (Å²) < 4.78 is 31.2. The van der Waals surface area contributed by atoms with Crippen LogP contribution in [0.5, 0.6) is 0 Å². The molecule has 0 aromatic rings. The molecule has 3 aliphatic heterocycles. The van der Waals surface area contributed by atoms with Crippen molar-refractivity contribution in [2.45, 2.75) is 51.6 Å². The highest BCUT2D eigenvalue weighted by Gasteiger charge is 2.42. The lowest BCUT2D eigenvalue weighted by atomic mass is 9.78. The topological polar surface area (TPSA) is 70.2 Å². The lowest BCUT2D eigenvalue weighted by Gasteiger charge is -2.46.